The molecule has 2 aliphatic rings. The van der Waals surface area contributed by atoms with Crippen LogP contribution in [0.5, 0.6) is 0 Å². The number of hydrogen-bond acceptors (Lipinski definition) is 4. The lowest BCUT2D eigenvalue weighted by molar-refractivity contribution is -0.134. The number of likely N-dealkylation sites (tertiary alicyclic amines) is 2. The number of piperidine rings is 1. The van der Waals surface area contributed by atoms with Crippen molar-refractivity contribution in [2.75, 3.05) is 19.6 Å². The lowest BCUT2D eigenvalue weighted by Crippen LogP contribution is -2.48. The Bertz CT molecular complexity index is 458. The minimum atomic E-state index is 0.0729. The van der Waals surface area contributed by atoms with Gasteiger partial charge in [-0.25, -0.2) is 9.67 Å². The van der Waals surface area contributed by atoms with Crippen LogP contribution < -0.4 is 0 Å². The molecule has 2 saturated heterocycles. The van der Waals surface area contributed by atoms with Gasteiger partial charge in [0.25, 0.3) is 0 Å². The summed E-state index contributed by atoms with van der Waals surface area (Å²) >= 11 is 0. The summed E-state index contributed by atoms with van der Waals surface area (Å²) in [6, 6.07) is 0.735. The second-order valence-corrected chi connectivity index (χ2v) is 6.10. The standard InChI is InChI=1S/C14H23N5O/c1-11(2)18-7-5-13(14(18)20)17-6-3-4-12(8-17)19-10-15-9-16-19/h9-13H,3-8H2,1-2H3. The van der Waals surface area contributed by atoms with Gasteiger partial charge in [-0.2, -0.15) is 5.10 Å². The van der Waals surface area contributed by atoms with E-state index in [0.29, 0.717) is 18.0 Å². The van der Waals surface area contributed by atoms with Crippen molar-refractivity contribution >= 4 is 5.91 Å². The van der Waals surface area contributed by atoms with Crippen LogP contribution >= 0.6 is 0 Å². The third-order valence-electron chi connectivity index (χ3n) is 4.51. The Labute approximate surface area is 119 Å². The smallest absolute Gasteiger partial charge is 0.240 e. The van der Waals surface area contributed by atoms with Gasteiger partial charge in [-0.15, -0.1) is 0 Å². The predicted octanol–water partition coefficient (Wildman–Crippen LogP) is 0.924. The number of nitrogens with zero attached hydrogens (tertiary/aromatic N) is 5. The Morgan fingerprint density at radius 2 is 2.15 bits per heavy atom. The highest BCUT2D eigenvalue weighted by Gasteiger charge is 2.38. The molecule has 2 aliphatic heterocycles. The maximum absolute atomic E-state index is 12.5. The molecule has 0 radical (unpaired) electrons. The maximum atomic E-state index is 12.5. The summed E-state index contributed by atoms with van der Waals surface area (Å²) in [5, 5.41) is 4.25. The van der Waals surface area contributed by atoms with Crippen molar-refractivity contribution in [1.82, 2.24) is 24.6 Å². The Kier molecular flexibility index (Phi) is 3.74. The summed E-state index contributed by atoms with van der Waals surface area (Å²) in [4.78, 5) is 20.9. The molecular weight excluding hydrogens is 254 g/mol. The molecule has 3 heterocycles. The van der Waals surface area contributed by atoms with Gasteiger partial charge >= 0.3 is 0 Å². The molecule has 6 nitrogen and oxygen atoms in total. The molecular formula is C14H23N5O. The highest BCUT2D eigenvalue weighted by molar-refractivity contribution is 5.84. The largest absolute Gasteiger partial charge is 0.339 e. The fraction of sp³-hybridized carbons (Fsp3) is 0.786. The Morgan fingerprint density at radius 1 is 1.30 bits per heavy atom. The number of hydrogen-bond donors (Lipinski definition) is 0. The van der Waals surface area contributed by atoms with Crippen LogP contribution in [0.4, 0.5) is 0 Å². The summed E-state index contributed by atoms with van der Waals surface area (Å²) in [5.41, 5.74) is 0. The maximum Gasteiger partial charge on any atom is 0.240 e. The first-order valence-corrected chi connectivity index (χ1v) is 7.55. The van der Waals surface area contributed by atoms with Gasteiger partial charge in [-0.05, 0) is 39.7 Å². The Hall–Kier alpha value is -1.43. The lowest BCUT2D eigenvalue weighted by atomic mass is 10.0. The predicted molar refractivity (Wildman–Crippen MR) is 75.1 cm³/mol. The molecule has 2 unspecified atom stereocenters. The molecule has 0 N–H and O–H groups in total. The van der Waals surface area contributed by atoms with E-state index in [1.807, 2.05) is 9.58 Å². The topological polar surface area (TPSA) is 54.3 Å². The number of carbonyl (C=O) groups is 1. The highest BCUT2D eigenvalue weighted by Crippen LogP contribution is 2.26. The Morgan fingerprint density at radius 3 is 2.80 bits per heavy atom. The van der Waals surface area contributed by atoms with E-state index < -0.39 is 0 Å². The van der Waals surface area contributed by atoms with Crippen molar-refractivity contribution in [1.29, 1.82) is 0 Å². The molecule has 2 atom stereocenters. The lowest BCUT2D eigenvalue weighted by Gasteiger charge is -2.36. The van der Waals surface area contributed by atoms with Crippen molar-refractivity contribution in [2.45, 2.75) is 51.2 Å². The van der Waals surface area contributed by atoms with Crippen molar-refractivity contribution in [2.24, 2.45) is 0 Å². The monoisotopic (exact) mass is 277 g/mol. The summed E-state index contributed by atoms with van der Waals surface area (Å²) in [5.74, 6) is 0.305. The summed E-state index contributed by atoms with van der Waals surface area (Å²) in [6.45, 7) is 7.01. The normalized spacial score (nSPS) is 28.6. The molecule has 0 saturated carbocycles. The molecule has 0 bridgehead atoms. The SMILES string of the molecule is CC(C)N1CCC(N2CCCC(n3cncn3)C2)C1=O. The van der Waals surface area contributed by atoms with E-state index in [1.54, 1.807) is 12.7 Å². The van der Waals surface area contributed by atoms with Gasteiger partial charge in [0.15, 0.2) is 0 Å². The van der Waals surface area contributed by atoms with Crippen molar-refractivity contribution in [3.05, 3.63) is 12.7 Å². The minimum Gasteiger partial charge on any atom is -0.339 e. The number of carbonyl (C=O) groups excluding carboxylic acids is 1. The molecule has 1 aromatic rings. The van der Waals surface area contributed by atoms with Crippen molar-refractivity contribution in [3.63, 3.8) is 0 Å². The number of aromatic nitrogens is 3. The molecule has 1 aromatic heterocycles. The van der Waals surface area contributed by atoms with Gasteiger partial charge in [-0.3, -0.25) is 9.69 Å². The van der Waals surface area contributed by atoms with Crippen molar-refractivity contribution < 1.29 is 4.79 Å². The third kappa shape index (κ3) is 2.44. The van der Waals surface area contributed by atoms with Crippen LogP contribution in [-0.2, 0) is 4.79 Å². The zero-order chi connectivity index (χ0) is 14.1. The minimum absolute atomic E-state index is 0.0729. The van der Waals surface area contributed by atoms with Gasteiger partial charge in [0, 0.05) is 19.1 Å². The van der Waals surface area contributed by atoms with Crippen LogP contribution in [0.3, 0.4) is 0 Å². The second-order valence-electron chi connectivity index (χ2n) is 6.10. The summed E-state index contributed by atoms with van der Waals surface area (Å²) in [6.07, 6.45) is 6.57. The Balaban J connectivity index is 1.67. The fourth-order valence-electron chi connectivity index (χ4n) is 3.43. The van der Waals surface area contributed by atoms with Crippen LogP contribution in [0.15, 0.2) is 12.7 Å². The first kappa shape index (κ1) is 13.5. The van der Waals surface area contributed by atoms with Crippen LogP contribution in [0.1, 0.15) is 39.2 Å². The molecule has 1 amide bonds. The average molecular weight is 277 g/mol. The molecule has 0 aromatic carbocycles. The van der Waals surface area contributed by atoms with Crippen LogP contribution in [0, 0.1) is 0 Å². The molecule has 3 rings (SSSR count). The molecule has 6 heteroatoms. The van der Waals surface area contributed by atoms with Crippen LogP contribution in [0.2, 0.25) is 0 Å². The molecule has 110 valence electrons. The van der Waals surface area contributed by atoms with E-state index in [9.17, 15) is 4.79 Å². The van der Waals surface area contributed by atoms with Gasteiger partial charge in [0.2, 0.25) is 5.91 Å². The van der Waals surface area contributed by atoms with E-state index in [-0.39, 0.29) is 6.04 Å². The quantitative estimate of drug-likeness (QED) is 0.824. The van der Waals surface area contributed by atoms with Crippen LogP contribution in [-0.4, -0.2) is 62.2 Å². The van der Waals surface area contributed by atoms with Gasteiger partial charge < -0.3 is 4.90 Å². The van der Waals surface area contributed by atoms with E-state index >= 15 is 0 Å². The van der Waals surface area contributed by atoms with Gasteiger partial charge in [-0.1, -0.05) is 0 Å². The zero-order valence-corrected chi connectivity index (χ0v) is 12.3. The van der Waals surface area contributed by atoms with Gasteiger partial charge in [0.1, 0.15) is 12.7 Å². The first-order chi connectivity index (χ1) is 9.66. The molecule has 0 aliphatic carbocycles. The molecule has 0 spiro atoms. The van der Waals surface area contributed by atoms with Crippen LogP contribution in [0.25, 0.3) is 0 Å². The van der Waals surface area contributed by atoms with E-state index in [2.05, 4.69) is 28.8 Å². The summed E-state index contributed by atoms with van der Waals surface area (Å²) in [7, 11) is 0. The van der Waals surface area contributed by atoms with E-state index in [4.69, 9.17) is 0 Å². The number of amides is 1. The fourth-order valence-corrected chi connectivity index (χ4v) is 3.43. The molecule has 2 fully saturated rings. The molecule has 20 heavy (non-hydrogen) atoms. The average Bonchev–Trinajstić information content (AvgIpc) is 3.08. The summed E-state index contributed by atoms with van der Waals surface area (Å²) < 4.78 is 1.94. The van der Waals surface area contributed by atoms with E-state index in [0.717, 1.165) is 38.9 Å². The number of rotatable bonds is 3. The highest BCUT2D eigenvalue weighted by atomic mass is 16.2. The van der Waals surface area contributed by atoms with E-state index in [1.165, 1.54) is 0 Å². The third-order valence-corrected chi connectivity index (χ3v) is 4.51. The van der Waals surface area contributed by atoms with Crippen molar-refractivity contribution in [3.8, 4) is 0 Å². The first-order valence-electron chi connectivity index (χ1n) is 7.55. The van der Waals surface area contributed by atoms with Gasteiger partial charge in [0.05, 0.1) is 12.1 Å². The zero-order valence-electron chi connectivity index (χ0n) is 12.3. The second kappa shape index (κ2) is 5.52.